The van der Waals surface area contributed by atoms with E-state index in [9.17, 15) is 4.79 Å². The van der Waals surface area contributed by atoms with Crippen molar-refractivity contribution in [1.29, 1.82) is 0 Å². The summed E-state index contributed by atoms with van der Waals surface area (Å²) in [4.78, 5) is 14.4. The van der Waals surface area contributed by atoms with Crippen LogP contribution in [0.2, 0.25) is 5.15 Å². The average Bonchev–Trinajstić information content (AvgIpc) is 2.51. The van der Waals surface area contributed by atoms with Crippen molar-refractivity contribution in [1.82, 2.24) is 14.6 Å². The SMILES string of the molecule is O=C(O)c1cc(Cl)n2ncnc2c1. The molecule has 0 saturated heterocycles. The van der Waals surface area contributed by atoms with Gasteiger partial charge in [0, 0.05) is 0 Å². The van der Waals surface area contributed by atoms with E-state index < -0.39 is 5.97 Å². The number of carbonyl (C=O) groups is 1. The summed E-state index contributed by atoms with van der Waals surface area (Å²) < 4.78 is 1.36. The Morgan fingerprint density at radius 1 is 1.54 bits per heavy atom. The Kier molecular flexibility index (Phi) is 1.66. The maximum Gasteiger partial charge on any atom is 0.335 e. The summed E-state index contributed by atoms with van der Waals surface area (Å²) in [5.74, 6) is -1.03. The number of hydrogen-bond donors (Lipinski definition) is 1. The molecule has 0 bridgehead atoms. The van der Waals surface area contributed by atoms with Gasteiger partial charge in [0.05, 0.1) is 5.56 Å². The third-order valence-electron chi connectivity index (χ3n) is 1.58. The summed E-state index contributed by atoms with van der Waals surface area (Å²) in [6.45, 7) is 0. The number of pyridine rings is 1. The molecule has 0 aliphatic rings. The third-order valence-corrected chi connectivity index (χ3v) is 1.85. The smallest absolute Gasteiger partial charge is 0.335 e. The van der Waals surface area contributed by atoms with E-state index in [-0.39, 0.29) is 10.7 Å². The van der Waals surface area contributed by atoms with Gasteiger partial charge in [0.15, 0.2) is 5.65 Å². The van der Waals surface area contributed by atoms with Gasteiger partial charge in [-0.25, -0.2) is 14.3 Å². The standard InChI is InChI=1S/C7H4ClN3O2/c8-5-1-4(7(12)13)2-6-9-3-10-11(5)6/h1-3H,(H,12,13). The van der Waals surface area contributed by atoms with Gasteiger partial charge in [-0.2, -0.15) is 5.10 Å². The van der Waals surface area contributed by atoms with Gasteiger partial charge in [0.25, 0.3) is 0 Å². The molecule has 0 atom stereocenters. The molecule has 0 unspecified atom stereocenters. The van der Waals surface area contributed by atoms with Crippen molar-refractivity contribution in [2.75, 3.05) is 0 Å². The lowest BCUT2D eigenvalue weighted by Gasteiger charge is -1.97. The van der Waals surface area contributed by atoms with Gasteiger partial charge in [-0.3, -0.25) is 0 Å². The Bertz CT molecular complexity index is 480. The Labute approximate surface area is 77.6 Å². The van der Waals surface area contributed by atoms with Crippen LogP contribution in [0.15, 0.2) is 18.5 Å². The highest BCUT2D eigenvalue weighted by atomic mass is 35.5. The highest BCUT2D eigenvalue weighted by Gasteiger charge is 2.08. The zero-order valence-electron chi connectivity index (χ0n) is 6.31. The molecule has 2 aromatic heterocycles. The fourth-order valence-corrected chi connectivity index (χ4v) is 1.25. The number of halogens is 1. The van der Waals surface area contributed by atoms with Crippen LogP contribution < -0.4 is 0 Å². The summed E-state index contributed by atoms with van der Waals surface area (Å²) in [5, 5.41) is 12.7. The molecule has 0 spiro atoms. The van der Waals surface area contributed by atoms with Crippen LogP contribution in [0.5, 0.6) is 0 Å². The minimum Gasteiger partial charge on any atom is -0.478 e. The van der Waals surface area contributed by atoms with E-state index in [2.05, 4.69) is 10.1 Å². The van der Waals surface area contributed by atoms with Crippen LogP contribution in [-0.2, 0) is 0 Å². The number of aromatic nitrogens is 3. The molecule has 0 radical (unpaired) electrons. The van der Waals surface area contributed by atoms with Crippen LogP contribution >= 0.6 is 11.6 Å². The minimum absolute atomic E-state index is 0.102. The predicted octanol–water partition coefficient (Wildman–Crippen LogP) is 1.08. The van der Waals surface area contributed by atoms with Gasteiger partial charge < -0.3 is 5.11 Å². The number of hydrogen-bond acceptors (Lipinski definition) is 3. The van der Waals surface area contributed by atoms with Gasteiger partial charge in [-0.15, -0.1) is 0 Å². The molecule has 2 rings (SSSR count). The monoisotopic (exact) mass is 197 g/mol. The summed E-state index contributed by atoms with van der Waals surface area (Å²) in [6, 6.07) is 2.73. The Hall–Kier alpha value is -1.62. The van der Waals surface area contributed by atoms with Crippen molar-refractivity contribution in [3.63, 3.8) is 0 Å². The maximum absolute atomic E-state index is 10.6. The first-order valence-corrected chi connectivity index (χ1v) is 3.79. The molecule has 66 valence electrons. The molecule has 2 heterocycles. The lowest BCUT2D eigenvalue weighted by molar-refractivity contribution is 0.0697. The van der Waals surface area contributed by atoms with Gasteiger partial charge in [0.1, 0.15) is 11.5 Å². The van der Waals surface area contributed by atoms with Gasteiger partial charge in [-0.05, 0) is 12.1 Å². The molecular formula is C7H4ClN3O2. The van der Waals surface area contributed by atoms with E-state index in [1.165, 1.54) is 23.0 Å². The summed E-state index contributed by atoms with van der Waals surface area (Å²) in [6.07, 6.45) is 1.31. The van der Waals surface area contributed by atoms with Crippen molar-refractivity contribution in [3.05, 3.63) is 29.2 Å². The molecule has 2 aromatic rings. The third kappa shape index (κ3) is 1.23. The van der Waals surface area contributed by atoms with Crippen LogP contribution in [0.4, 0.5) is 0 Å². The molecule has 1 N–H and O–H groups in total. The topological polar surface area (TPSA) is 67.5 Å². The van der Waals surface area contributed by atoms with Crippen molar-refractivity contribution >= 4 is 23.2 Å². The second kappa shape index (κ2) is 2.70. The Morgan fingerprint density at radius 2 is 2.31 bits per heavy atom. The zero-order valence-corrected chi connectivity index (χ0v) is 7.06. The fraction of sp³-hybridized carbons (Fsp3) is 0. The Morgan fingerprint density at radius 3 is 3.00 bits per heavy atom. The summed E-state index contributed by atoms with van der Waals surface area (Å²) >= 11 is 5.74. The maximum atomic E-state index is 10.6. The lowest BCUT2D eigenvalue weighted by Crippen LogP contribution is -1.99. The molecule has 0 fully saturated rings. The molecule has 0 aromatic carbocycles. The van der Waals surface area contributed by atoms with E-state index in [0.717, 1.165) is 0 Å². The van der Waals surface area contributed by atoms with Crippen molar-refractivity contribution < 1.29 is 9.90 Å². The highest BCUT2D eigenvalue weighted by molar-refractivity contribution is 6.30. The van der Waals surface area contributed by atoms with Crippen molar-refractivity contribution in [3.8, 4) is 0 Å². The van der Waals surface area contributed by atoms with Crippen LogP contribution in [-0.4, -0.2) is 25.7 Å². The van der Waals surface area contributed by atoms with Crippen LogP contribution in [0.1, 0.15) is 10.4 Å². The first-order valence-electron chi connectivity index (χ1n) is 3.41. The number of carboxylic acid groups (broad SMARTS) is 1. The van der Waals surface area contributed by atoms with Gasteiger partial charge in [0.2, 0.25) is 0 Å². The molecular weight excluding hydrogens is 194 g/mol. The number of aromatic carboxylic acids is 1. The molecule has 13 heavy (non-hydrogen) atoms. The van der Waals surface area contributed by atoms with Gasteiger partial charge >= 0.3 is 5.97 Å². The van der Waals surface area contributed by atoms with Crippen molar-refractivity contribution in [2.24, 2.45) is 0 Å². The first-order chi connectivity index (χ1) is 6.18. The van der Waals surface area contributed by atoms with Crippen LogP contribution in [0.3, 0.4) is 0 Å². The molecule has 0 aliphatic heterocycles. The highest BCUT2D eigenvalue weighted by Crippen LogP contribution is 2.13. The van der Waals surface area contributed by atoms with E-state index in [1.807, 2.05) is 0 Å². The van der Waals surface area contributed by atoms with Crippen molar-refractivity contribution in [2.45, 2.75) is 0 Å². The second-order valence-electron chi connectivity index (χ2n) is 2.40. The van der Waals surface area contributed by atoms with E-state index in [1.54, 1.807) is 0 Å². The van der Waals surface area contributed by atoms with Crippen LogP contribution in [0.25, 0.3) is 5.65 Å². The first kappa shape index (κ1) is 8.00. The van der Waals surface area contributed by atoms with E-state index in [4.69, 9.17) is 16.7 Å². The van der Waals surface area contributed by atoms with E-state index in [0.29, 0.717) is 5.65 Å². The number of nitrogens with zero attached hydrogens (tertiary/aromatic N) is 3. The van der Waals surface area contributed by atoms with E-state index >= 15 is 0 Å². The summed E-state index contributed by atoms with van der Waals surface area (Å²) in [7, 11) is 0. The number of rotatable bonds is 1. The summed E-state index contributed by atoms with van der Waals surface area (Å²) in [5.41, 5.74) is 0.524. The number of fused-ring (bicyclic) bond motifs is 1. The minimum atomic E-state index is -1.03. The quantitative estimate of drug-likeness (QED) is 0.695. The lowest BCUT2D eigenvalue weighted by atomic mass is 10.3. The predicted molar refractivity (Wildman–Crippen MR) is 45.0 cm³/mol. The molecule has 0 aliphatic carbocycles. The van der Waals surface area contributed by atoms with Gasteiger partial charge in [-0.1, -0.05) is 11.6 Å². The molecule has 6 heteroatoms. The Balaban J connectivity index is 2.77. The number of carboxylic acids is 1. The average molecular weight is 198 g/mol. The molecule has 5 nitrogen and oxygen atoms in total. The molecule has 0 saturated carbocycles. The largest absolute Gasteiger partial charge is 0.478 e. The normalized spacial score (nSPS) is 10.5. The van der Waals surface area contributed by atoms with Crippen LogP contribution in [0, 0.1) is 0 Å². The molecule has 0 amide bonds. The zero-order chi connectivity index (χ0) is 9.42. The second-order valence-corrected chi connectivity index (χ2v) is 2.79. The fourth-order valence-electron chi connectivity index (χ4n) is 1.01.